The van der Waals surface area contributed by atoms with Gasteiger partial charge in [0.15, 0.2) is 0 Å². The molecule has 44 heavy (non-hydrogen) atoms. The van der Waals surface area contributed by atoms with Gasteiger partial charge >= 0.3 is 5.97 Å². The summed E-state index contributed by atoms with van der Waals surface area (Å²) in [5.41, 5.74) is 3.00. The van der Waals surface area contributed by atoms with Crippen molar-refractivity contribution >= 4 is 46.4 Å². The molecule has 11 heteroatoms. The summed E-state index contributed by atoms with van der Waals surface area (Å²) < 4.78 is 0. The Kier molecular flexibility index (Phi) is 9.98. The number of carboxylic acids is 1. The minimum absolute atomic E-state index is 0.0702. The van der Waals surface area contributed by atoms with E-state index in [9.17, 15) is 24.3 Å². The molecule has 3 N–H and O–H groups in total. The highest BCUT2D eigenvalue weighted by Crippen LogP contribution is 2.30. The first kappa shape index (κ1) is 30.4. The lowest BCUT2D eigenvalue weighted by Crippen LogP contribution is -2.36. The van der Waals surface area contributed by atoms with E-state index < -0.39 is 17.9 Å². The summed E-state index contributed by atoms with van der Waals surface area (Å²) in [6, 6.07) is 20.9. The van der Waals surface area contributed by atoms with Crippen LogP contribution in [-0.2, 0) is 16.0 Å². The molecule has 1 atom stereocenters. The van der Waals surface area contributed by atoms with Crippen LogP contribution in [0.15, 0.2) is 90.6 Å². The summed E-state index contributed by atoms with van der Waals surface area (Å²) in [6.07, 6.45) is 3.87. The number of thiophene rings is 1. The van der Waals surface area contributed by atoms with Gasteiger partial charge in [-0.15, -0.1) is 11.3 Å². The Morgan fingerprint density at radius 2 is 1.75 bits per heavy atom. The van der Waals surface area contributed by atoms with Crippen LogP contribution in [0.4, 0.5) is 11.4 Å². The average molecular weight is 612 g/mol. The van der Waals surface area contributed by atoms with Gasteiger partial charge < -0.3 is 25.5 Å². The number of pyridine rings is 1. The topological polar surface area (TPSA) is 132 Å². The number of nitrogens with zero attached hydrogens (tertiary/aromatic N) is 3. The first-order valence-electron chi connectivity index (χ1n) is 14.4. The number of hydrogen-bond acceptors (Lipinski definition) is 7. The number of rotatable bonds is 10. The third-order valence-corrected chi connectivity index (χ3v) is 8.28. The molecule has 5 rings (SSSR count). The zero-order valence-electron chi connectivity index (χ0n) is 24.0. The van der Waals surface area contributed by atoms with Crippen LogP contribution in [-0.4, -0.2) is 64.9 Å². The highest BCUT2D eigenvalue weighted by molar-refractivity contribution is 7.12. The number of aromatic nitrogens is 1. The molecule has 2 aromatic heterocycles. The third kappa shape index (κ3) is 7.87. The molecule has 1 saturated heterocycles. The Balaban J connectivity index is 1.36. The molecular formula is C33H33N5O5S. The van der Waals surface area contributed by atoms with Crippen LogP contribution in [0.5, 0.6) is 0 Å². The maximum atomic E-state index is 13.4. The van der Waals surface area contributed by atoms with Crippen LogP contribution < -0.4 is 15.5 Å². The summed E-state index contributed by atoms with van der Waals surface area (Å²) in [6.45, 7) is 2.35. The summed E-state index contributed by atoms with van der Waals surface area (Å²) >= 11 is 1.31. The number of hydrogen-bond donors (Lipinski definition) is 3. The van der Waals surface area contributed by atoms with E-state index in [1.165, 1.54) is 17.5 Å². The number of carbonyl (C=O) groups is 4. The van der Waals surface area contributed by atoms with Crippen molar-refractivity contribution in [1.82, 2.24) is 15.2 Å². The Labute approximate surface area is 259 Å². The Morgan fingerprint density at radius 3 is 2.48 bits per heavy atom. The lowest BCUT2D eigenvalue weighted by atomic mass is 10.0. The standard InChI is InChI=1S/C33H33N5O5S/c39-30(19-23-7-2-1-3-8-23)38-15-6-14-37(16-17-38)28-12-11-24(20-27(28)36-33(43)29-10-5-18-44-29)32(42)35-26(21-31(40)41)25-9-4-13-34-22-25/h1-5,7-13,18,20,22,26H,6,14-17,19,21H2,(H,35,42)(H,36,43)(H,40,41). The van der Waals surface area contributed by atoms with E-state index in [4.69, 9.17) is 0 Å². The van der Waals surface area contributed by atoms with Gasteiger partial charge in [-0.05, 0) is 53.3 Å². The smallest absolute Gasteiger partial charge is 0.305 e. The Hall–Kier alpha value is -5.03. The van der Waals surface area contributed by atoms with Crippen molar-refractivity contribution in [2.45, 2.75) is 25.3 Å². The molecule has 1 aliphatic heterocycles. The average Bonchev–Trinajstić information content (AvgIpc) is 3.47. The summed E-state index contributed by atoms with van der Waals surface area (Å²) in [4.78, 5) is 59.7. The number of amides is 3. The summed E-state index contributed by atoms with van der Waals surface area (Å²) in [7, 11) is 0. The fourth-order valence-electron chi connectivity index (χ4n) is 5.19. The molecule has 226 valence electrons. The van der Waals surface area contributed by atoms with Crippen molar-refractivity contribution in [1.29, 1.82) is 0 Å². The minimum Gasteiger partial charge on any atom is -0.481 e. The molecule has 0 spiro atoms. The van der Waals surface area contributed by atoms with Crippen molar-refractivity contribution in [3.05, 3.63) is 112 Å². The number of anilines is 2. The molecular weight excluding hydrogens is 578 g/mol. The molecule has 1 unspecified atom stereocenters. The normalized spacial score (nSPS) is 13.9. The second kappa shape index (κ2) is 14.4. The second-order valence-electron chi connectivity index (χ2n) is 10.5. The van der Waals surface area contributed by atoms with Gasteiger partial charge in [0.25, 0.3) is 11.8 Å². The summed E-state index contributed by atoms with van der Waals surface area (Å²) in [5.74, 6) is -1.77. The van der Waals surface area contributed by atoms with E-state index in [1.54, 1.807) is 48.7 Å². The third-order valence-electron chi connectivity index (χ3n) is 7.41. The van der Waals surface area contributed by atoms with Gasteiger partial charge in [0, 0.05) is 44.1 Å². The molecule has 10 nitrogen and oxygen atoms in total. The predicted molar refractivity (Wildman–Crippen MR) is 169 cm³/mol. The lowest BCUT2D eigenvalue weighted by Gasteiger charge is -2.26. The number of carbonyl (C=O) groups excluding carboxylic acids is 3. The van der Waals surface area contributed by atoms with E-state index in [0.717, 1.165) is 17.7 Å². The fraction of sp³-hybridized carbons (Fsp3) is 0.242. The van der Waals surface area contributed by atoms with E-state index in [2.05, 4.69) is 20.5 Å². The molecule has 1 aliphatic rings. The van der Waals surface area contributed by atoms with Crippen molar-refractivity contribution in [2.75, 3.05) is 36.4 Å². The van der Waals surface area contributed by atoms with Gasteiger partial charge in [-0.1, -0.05) is 42.5 Å². The van der Waals surface area contributed by atoms with E-state index >= 15 is 0 Å². The van der Waals surface area contributed by atoms with Gasteiger partial charge in [-0.2, -0.15) is 0 Å². The number of aliphatic carboxylic acids is 1. The highest BCUT2D eigenvalue weighted by Gasteiger charge is 2.24. The van der Waals surface area contributed by atoms with Crippen molar-refractivity contribution < 1.29 is 24.3 Å². The number of nitrogens with one attached hydrogen (secondary N) is 2. The largest absolute Gasteiger partial charge is 0.481 e. The zero-order chi connectivity index (χ0) is 30.9. The molecule has 0 saturated carbocycles. The quantitative estimate of drug-likeness (QED) is 0.238. The Morgan fingerprint density at radius 1 is 0.909 bits per heavy atom. The molecule has 2 aromatic carbocycles. The number of benzene rings is 2. The fourth-order valence-corrected chi connectivity index (χ4v) is 5.80. The van der Waals surface area contributed by atoms with Crippen LogP contribution in [0.25, 0.3) is 0 Å². The minimum atomic E-state index is -1.06. The highest BCUT2D eigenvalue weighted by atomic mass is 32.1. The van der Waals surface area contributed by atoms with Crippen molar-refractivity contribution in [3.8, 4) is 0 Å². The molecule has 3 amide bonds. The zero-order valence-corrected chi connectivity index (χ0v) is 24.8. The Bertz CT molecular complexity index is 1600. The maximum absolute atomic E-state index is 13.4. The molecule has 0 bridgehead atoms. The molecule has 3 heterocycles. The van der Waals surface area contributed by atoms with Crippen molar-refractivity contribution in [3.63, 3.8) is 0 Å². The van der Waals surface area contributed by atoms with Crippen LogP contribution >= 0.6 is 11.3 Å². The predicted octanol–water partition coefficient (Wildman–Crippen LogP) is 4.62. The van der Waals surface area contributed by atoms with Gasteiger partial charge in [-0.3, -0.25) is 24.2 Å². The van der Waals surface area contributed by atoms with Gasteiger partial charge in [-0.25, -0.2) is 0 Å². The van der Waals surface area contributed by atoms with Gasteiger partial charge in [0.2, 0.25) is 5.91 Å². The van der Waals surface area contributed by atoms with Crippen LogP contribution in [0, 0.1) is 0 Å². The van der Waals surface area contributed by atoms with Crippen LogP contribution in [0.1, 0.15) is 50.0 Å². The first-order valence-corrected chi connectivity index (χ1v) is 15.2. The second-order valence-corrected chi connectivity index (χ2v) is 11.4. The lowest BCUT2D eigenvalue weighted by molar-refractivity contribution is -0.137. The molecule has 1 fully saturated rings. The number of carboxylic acid groups (broad SMARTS) is 1. The van der Waals surface area contributed by atoms with E-state index in [1.807, 2.05) is 40.6 Å². The first-order chi connectivity index (χ1) is 21.4. The van der Waals surface area contributed by atoms with Gasteiger partial charge in [0.1, 0.15) is 0 Å². The van der Waals surface area contributed by atoms with Crippen LogP contribution in [0.2, 0.25) is 0 Å². The van der Waals surface area contributed by atoms with Gasteiger partial charge in [0.05, 0.1) is 35.1 Å². The van der Waals surface area contributed by atoms with E-state index in [-0.39, 0.29) is 23.8 Å². The summed E-state index contributed by atoms with van der Waals surface area (Å²) in [5, 5.41) is 17.0. The monoisotopic (exact) mass is 611 g/mol. The van der Waals surface area contributed by atoms with Crippen LogP contribution in [0.3, 0.4) is 0 Å². The molecule has 4 aromatic rings. The van der Waals surface area contributed by atoms with Crippen molar-refractivity contribution in [2.24, 2.45) is 0 Å². The molecule has 0 radical (unpaired) electrons. The molecule has 0 aliphatic carbocycles. The SMILES string of the molecule is O=C(O)CC(NC(=O)c1ccc(N2CCCN(C(=O)Cc3ccccc3)CC2)c(NC(=O)c2cccs2)c1)c1cccnc1. The maximum Gasteiger partial charge on any atom is 0.305 e. The van der Waals surface area contributed by atoms with E-state index in [0.29, 0.717) is 48.7 Å².